The molecule has 3 aromatic rings. The molecule has 24 heavy (non-hydrogen) atoms. The molecular weight excluding hydrogens is 324 g/mol. The summed E-state index contributed by atoms with van der Waals surface area (Å²) >= 11 is 1.34. The van der Waals surface area contributed by atoms with Crippen molar-refractivity contribution in [2.75, 3.05) is 13.1 Å². The predicted molar refractivity (Wildman–Crippen MR) is 89.5 cm³/mol. The number of aromatic nitrogens is 5. The summed E-state index contributed by atoms with van der Waals surface area (Å²) in [5.41, 5.74) is 0. The lowest BCUT2D eigenvalue weighted by molar-refractivity contribution is 0.0677. The number of hydrogen-bond acceptors (Lipinski definition) is 6. The van der Waals surface area contributed by atoms with Gasteiger partial charge in [0.05, 0.1) is 12.2 Å². The second kappa shape index (κ2) is 6.48. The van der Waals surface area contributed by atoms with Gasteiger partial charge in [-0.2, -0.15) is 5.10 Å². The van der Waals surface area contributed by atoms with Crippen LogP contribution in [-0.2, 0) is 0 Å². The zero-order valence-electron chi connectivity index (χ0n) is 12.9. The van der Waals surface area contributed by atoms with Crippen LogP contribution in [0.5, 0.6) is 0 Å². The molecule has 1 aliphatic rings. The summed E-state index contributed by atoms with van der Waals surface area (Å²) in [7, 11) is 0. The minimum absolute atomic E-state index is 0.0199. The number of carbonyl (C=O) groups is 1. The molecule has 0 radical (unpaired) electrons. The van der Waals surface area contributed by atoms with Gasteiger partial charge in [0.2, 0.25) is 0 Å². The lowest BCUT2D eigenvalue weighted by Crippen LogP contribution is -2.40. The highest BCUT2D eigenvalue weighted by Gasteiger charge is 2.27. The highest BCUT2D eigenvalue weighted by atomic mass is 32.1. The summed E-state index contributed by atoms with van der Waals surface area (Å²) < 4.78 is 1.94. The van der Waals surface area contributed by atoms with E-state index in [0.29, 0.717) is 22.3 Å². The van der Waals surface area contributed by atoms with Crippen LogP contribution < -0.4 is 0 Å². The molecule has 0 N–H and O–H groups in total. The van der Waals surface area contributed by atoms with Gasteiger partial charge in [-0.05, 0) is 25.0 Å². The van der Waals surface area contributed by atoms with Crippen molar-refractivity contribution in [3.63, 3.8) is 0 Å². The quantitative estimate of drug-likeness (QED) is 0.731. The highest BCUT2D eigenvalue weighted by molar-refractivity contribution is 7.16. The first-order valence-corrected chi connectivity index (χ1v) is 8.64. The molecule has 1 aliphatic heterocycles. The van der Waals surface area contributed by atoms with Gasteiger partial charge in [0.15, 0.2) is 10.8 Å². The summed E-state index contributed by atoms with van der Waals surface area (Å²) in [6.45, 7) is 1.45. The van der Waals surface area contributed by atoms with E-state index in [-0.39, 0.29) is 11.9 Å². The van der Waals surface area contributed by atoms with Gasteiger partial charge in [0.25, 0.3) is 5.91 Å². The van der Waals surface area contributed by atoms with Crippen molar-refractivity contribution in [2.45, 2.75) is 18.9 Å². The first-order valence-electron chi connectivity index (χ1n) is 7.83. The van der Waals surface area contributed by atoms with Crippen molar-refractivity contribution >= 4 is 17.2 Å². The monoisotopic (exact) mass is 340 g/mol. The minimum atomic E-state index is 0.0199. The molecule has 1 fully saturated rings. The molecule has 1 unspecified atom stereocenters. The number of piperidine rings is 1. The van der Waals surface area contributed by atoms with E-state index in [1.54, 1.807) is 30.9 Å². The first-order chi connectivity index (χ1) is 11.8. The molecule has 7 nitrogen and oxygen atoms in total. The van der Waals surface area contributed by atoms with E-state index >= 15 is 0 Å². The average Bonchev–Trinajstić information content (AvgIpc) is 3.34. The molecule has 0 saturated carbocycles. The van der Waals surface area contributed by atoms with Crippen LogP contribution >= 0.6 is 11.3 Å². The van der Waals surface area contributed by atoms with E-state index in [0.717, 1.165) is 19.4 Å². The second-order valence-corrected chi connectivity index (χ2v) is 6.67. The van der Waals surface area contributed by atoms with E-state index in [1.165, 1.54) is 11.3 Å². The van der Waals surface area contributed by atoms with E-state index in [9.17, 15) is 4.79 Å². The fourth-order valence-corrected chi connectivity index (χ4v) is 3.73. The number of likely N-dealkylation sites (tertiary alicyclic amines) is 1. The van der Waals surface area contributed by atoms with Crippen LogP contribution in [0.2, 0.25) is 0 Å². The third kappa shape index (κ3) is 2.92. The summed E-state index contributed by atoms with van der Waals surface area (Å²) in [6.07, 6.45) is 10.7. The molecule has 4 heterocycles. The zero-order valence-corrected chi connectivity index (χ0v) is 13.8. The van der Waals surface area contributed by atoms with Gasteiger partial charge < -0.3 is 4.90 Å². The molecule has 1 atom stereocenters. The average molecular weight is 340 g/mol. The lowest BCUT2D eigenvalue weighted by atomic mass is 10.1. The van der Waals surface area contributed by atoms with Crippen LogP contribution in [0.1, 0.15) is 28.6 Å². The van der Waals surface area contributed by atoms with Gasteiger partial charge in [-0.1, -0.05) is 0 Å². The van der Waals surface area contributed by atoms with Gasteiger partial charge in [-0.15, -0.1) is 11.3 Å². The van der Waals surface area contributed by atoms with Crippen LogP contribution in [-0.4, -0.2) is 48.6 Å². The summed E-state index contributed by atoms with van der Waals surface area (Å²) in [6, 6.07) is 3.91. The highest BCUT2D eigenvalue weighted by Crippen LogP contribution is 2.26. The maximum absolute atomic E-state index is 12.8. The number of rotatable bonds is 3. The summed E-state index contributed by atoms with van der Waals surface area (Å²) in [4.78, 5) is 28.0. The van der Waals surface area contributed by atoms with E-state index < -0.39 is 0 Å². The van der Waals surface area contributed by atoms with Crippen LogP contribution in [0.3, 0.4) is 0 Å². The molecule has 1 amide bonds. The Labute approximate surface area is 143 Å². The largest absolute Gasteiger partial charge is 0.336 e. The fraction of sp³-hybridized carbons (Fsp3) is 0.312. The number of hydrogen-bond donors (Lipinski definition) is 0. The molecule has 0 spiro atoms. The van der Waals surface area contributed by atoms with Crippen molar-refractivity contribution in [3.8, 4) is 10.8 Å². The van der Waals surface area contributed by atoms with E-state index in [2.05, 4.69) is 20.1 Å². The number of carbonyl (C=O) groups excluding carboxylic acids is 1. The van der Waals surface area contributed by atoms with E-state index in [4.69, 9.17) is 0 Å². The Kier molecular flexibility index (Phi) is 4.04. The SMILES string of the molecule is O=C(c1cnc(-c2ncccn2)s1)N1CCCC(n2cccn2)C1. The zero-order chi connectivity index (χ0) is 16.4. The van der Waals surface area contributed by atoms with Crippen LogP contribution in [0.25, 0.3) is 10.8 Å². The third-order valence-electron chi connectivity index (χ3n) is 4.06. The summed E-state index contributed by atoms with van der Waals surface area (Å²) in [5.74, 6) is 0.571. The normalized spacial score (nSPS) is 17.8. The van der Waals surface area contributed by atoms with Gasteiger partial charge in [0, 0.05) is 37.9 Å². The van der Waals surface area contributed by atoms with Crippen molar-refractivity contribution < 1.29 is 4.79 Å². The van der Waals surface area contributed by atoms with Gasteiger partial charge in [-0.3, -0.25) is 9.48 Å². The standard InChI is InChI=1S/C16H16N6OS/c23-16(13-10-19-15(24-13)14-17-5-2-6-18-14)21-8-1-4-12(11-21)22-9-3-7-20-22/h2-3,5-7,9-10,12H,1,4,8,11H2. The number of nitrogens with zero attached hydrogens (tertiary/aromatic N) is 6. The van der Waals surface area contributed by atoms with Crippen LogP contribution in [0.4, 0.5) is 0 Å². The molecule has 122 valence electrons. The summed E-state index contributed by atoms with van der Waals surface area (Å²) in [5, 5.41) is 4.97. The molecule has 8 heteroatoms. The van der Waals surface area contributed by atoms with Crippen LogP contribution in [0, 0.1) is 0 Å². The number of thiazole rings is 1. The fourth-order valence-electron chi connectivity index (χ4n) is 2.89. The first kappa shape index (κ1) is 14.9. The molecule has 1 saturated heterocycles. The third-order valence-corrected chi connectivity index (χ3v) is 5.04. The Morgan fingerprint density at radius 2 is 2.04 bits per heavy atom. The van der Waals surface area contributed by atoms with Crippen molar-refractivity contribution in [1.29, 1.82) is 0 Å². The number of amides is 1. The van der Waals surface area contributed by atoms with Gasteiger partial charge in [-0.25, -0.2) is 15.0 Å². The molecule has 3 aromatic heterocycles. The molecule has 4 rings (SSSR count). The Morgan fingerprint density at radius 1 is 1.17 bits per heavy atom. The van der Waals surface area contributed by atoms with Gasteiger partial charge >= 0.3 is 0 Å². The molecule has 0 aliphatic carbocycles. The maximum Gasteiger partial charge on any atom is 0.265 e. The Hall–Kier alpha value is -2.61. The van der Waals surface area contributed by atoms with Gasteiger partial charge in [0.1, 0.15) is 4.88 Å². The van der Waals surface area contributed by atoms with Crippen molar-refractivity contribution in [3.05, 3.63) is 48.0 Å². The Bertz CT molecular complexity index is 816. The smallest absolute Gasteiger partial charge is 0.265 e. The van der Waals surface area contributed by atoms with E-state index in [1.807, 2.05) is 21.8 Å². The lowest BCUT2D eigenvalue weighted by Gasteiger charge is -2.32. The Balaban J connectivity index is 1.50. The molecule has 0 bridgehead atoms. The topological polar surface area (TPSA) is 76.8 Å². The maximum atomic E-state index is 12.8. The van der Waals surface area contributed by atoms with Crippen molar-refractivity contribution in [2.24, 2.45) is 0 Å². The predicted octanol–water partition coefficient (Wildman–Crippen LogP) is 2.27. The Morgan fingerprint density at radius 3 is 2.83 bits per heavy atom. The molecular formula is C16H16N6OS. The van der Waals surface area contributed by atoms with Crippen molar-refractivity contribution in [1.82, 2.24) is 29.6 Å². The molecule has 0 aromatic carbocycles. The van der Waals surface area contributed by atoms with Crippen LogP contribution in [0.15, 0.2) is 43.1 Å². The second-order valence-electron chi connectivity index (χ2n) is 5.64. The minimum Gasteiger partial charge on any atom is -0.336 e.